The Morgan fingerprint density at radius 3 is 2.00 bits per heavy atom. The Hall–Kier alpha value is 0.137. The van der Waals surface area contributed by atoms with E-state index in [4.69, 9.17) is 4.80 Å². The molecule has 0 saturated heterocycles. The molecule has 32 valence electrons. The van der Waals surface area contributed by atoms with Crippen LogP contribution in [-0.4, -0.2) is 21.2 Å². The van der Waals surface area contributed by atoms with Gasteiger partial charge in [0.25, 0.3) is 0 Å². The van der Waals surface area contributed by atoms with E-state index in [1.807, 2.05) is 0 Å². The van der Waals surface area contributed by atoms with E-state index < -0.39 is 9.28 Å². The summed E-state index contributed by atoms with van der Waals surface area (Å²) in [4.78, 5) is 8.28. The summed E-state index contributed by atoms with van der Waals surface area (Å²) >= 11 is 0. The molecular weight excluding hydrogens is 84.1 g/mol. The molecule has 0 rings (SSSR count). The van der Waals surface area contributed by atoms with E-state index in [0.717, 1.165) is 0 Å². The molecule has 3 heteroatoms. The van der Waals surface area contributed by atoms with Crippen molar-refractivity contribution in [1.82, 2.24) is 0 Å². The Bertz CT molecular complexity index is 21.6. The first kappa shape index (κ1) is 5.14. The molecule has 0 bridgehead atoms. The van der Waals surface area contributed by atoms with Gasteiger partial charge in [-0.15, -0.1) is 0 Å². The summed E-state index contributed by atoms with van der Waals surface area (Å²) in [6.07, 6.45) is 0. The highest BCUT2D eigenvalue weighted by Crippen LogP contribution is 1.66. The molecular formula is C2H8O2Si. The molecule has 0 spiro atoms. The fourth-order valence-electron chi connectivity index (χ4n) is 0. The lowest BCUT2D eigenvalue weighted by atomic mass is 11.8. The lowest BCUT2D eigenvalue weighted by Crippen LogP contribution is -2.07. The molecule has 1 atom stereocenters. The van der Waals surface area contributed by atoms with E-state index >= 15 is 0 Å². The molecule has 0 aromatic rings. The summed E-state index contributed by atoms with van der Waals surface area (Å²) in [5.41, 5.74) is 0. The molecule has 0 amide bonds. The van der Waals surface area contributed by atoms with Gasteiger partial charge in [-0.1, -0.05) is 0 Å². The molecule has 0 saturated carbocycles. The zero-order chi connectivity index (χ0) is 4.28. The first-order chi connectivity index (χ1) is 2.27. The largest absolute Gasteiger partial charge is 0.413 e. The maximum Gasteiger partial charge on any atom is 0.315 e. The first-order valence-corrected chi connectivity index (χ1v) is 3.62. The van der Waals surface area contributed by atoms with Crippen molar-refractivity contribution in [2.45, 2.75) is 6.55 Å². The van der Waals surface area contributed by atoms with Gasteiger partial charge >= 0.3 is 9.28 Å². The highest BCUT2D eigenvalue weighted by molar-refractivity contribution is 6.40. The summed E-state index contributed by atoms with van der Waals surface area (Å²) in [5, 5.41) is 0. The van der Waals surface area contributed by atoms with E-state index in [9.17, 15) is 0 Å². The fourth-order valence-corrected chi connectivity index (χ4v) is 0. The zero-order valence-electron chi connectivity index (χ0n) is 3.43. The van der Waals surface area contributed by atoms with Crippen LogP contribution in [0.15, 0.2) is 0 Å². The van der Waals surface area contributed by atoms with E-state index in [2.05, 4.69) is 4.43 Å². The molecule has 0 aliphatic carbocycles. The van der Waals surface area contributed by atoms with E-state index in [1.54, 1.807) is 6.55 Å². The van der Waals surface area contributed by atoms with Gasteiger partial charge in [0, 0.05) is 7.11 Å². The molecule has 0 aromatic carbocycles. The van der Waals surface area contributed by atoms with Crippen LogP contribution in [0.4, 0.5) is 0 Å². The van der Waals surface area contributed by atoms with Crippen molar-refractivity contribution in [1.29, 1.82) is 0 Å². The minimum atomic E-state index is -1.65. The smallest absolute Gasteiger partial charge is 0.315 e. The van der Waals surface area contributed by atoms with Gasteiger partial charge in [-0.2, -0.15) is 0 Å². The second-order valence-corrected chi connectivity index (χ2v) is 2.51. The predicted octanol–water partition coefficient (Wildman–Crippen LogP) is -0.525. The Kier molecular flexibility index (Phi) is 2.44. The maximum atomic E-state index is 8.28. The molecule has 5 heavy (non-hydrogen) atoms. The Labute approximate surface area is 33.2 Å². The third-order valence-electron chi connectivity index (χ3n) is 0.341. The van der Waals surface area contributed by atoms with Gasteiger partial charge < -0.3 is 9.22 Å². The first-order valence-electron chi connectivity index (χ1n) is 1.48. The van der Waals surface area contributed by atoms with Gasteiger partial charge in [0.2, 0.25) is 0 Å². The van der Waals surface area contributed by atoms with Crippen LogP contribution in [0, 0.1) is 0 Å². The number of rotatable bonds is 1. The Balaban J connectivity index is 2.54. The molecule has 0 heterocycles. The lowest BCUT2D eigenvalue weighted by Gasteiger charge is -1.90. The fraction of sp³-hybridized carbons (Fsp3) is 1.00. The maximum absolute atomic E-state index is 8.28. The van der Waals surface area contributed by atoms with E-state index in [-0.39, 0.29) is 0 Å². The molecule has 0 aromatic heterocycles. The van der Waals surface area contributed by atoms with Crippen molar-refractivity contribution in [2.75, 3.05) is 7.11 Å². The van der Waals surface area contributed by atoms with Crippen LogP contribution in [0.2, 0.25) is 6.55 Å². The van der Waals surface area contributed by atoms with Crippen LogP contribution in [0.1, 0.15) is 0 Å². The minimum Gasteiger partial charge on any atom is -0.413 e. The Morgan fingerprint density at radius 2 is 2.00 bits per heavy atom. The third kappa shape index (κ3) is 4.14. The minimum absolute atomic E-state index is 1.51. The molecule has 0 fully saturated rings. The molecule has 2 nitrogen and oxygen atoms in total. The van der Waals surface area contributed by atoms with Crippen LogP contribution >= 0.6 is 0 Å². The highest BCUT2D eigenvalue weighted by Gasteiger charge is 1.87. The van der Waals surface area contributed by atoms with Crippen molar-refractivity contribution < 1.29 is 9.22 Å². The highest BCUT2D eigenvalue weighted by atomic mass is 28.3. The van der Waals surface area contributed by atoms with Gasteiger partial charge in [0.05, 0.1) is 0 Å². The topological polar surface area (TPSA) is 29.5 Å². The second kappa shape index (κ2) is 2.38. The van der Waals surface area contributed by atoms with Crippen molar-refractivity contribution in [3.63, 3.8) is 0 Å². The lowest BCUT2D eigenvalue weighted by molar-refractivity contribution is 0.334. The molecule has 0 radical (unpaired) electrons. The van der Waals surface area contributed by atoms with Crippen molar-refractivity contribution in [3.05, 3.63) is 0 Å². The van der Waals surface area contributed by atoms with Crippen molar-refractivity contribution in [3.8, 4) is 0 Å². The molecule has 1 unspecified atom stereocenters. The quantitative estimate of drug-likeness (QED) is 0.441. The summed E-state index contributed by atoms with van der Waals surface area (Å²) in [6, 6.07) is 0. The number of hydrogen-bond acceptors (Lipinski definition) is 2. The normalized spacial score (nSPS) is 15.0. The van der Waals surface area contributed by atoms with Crippen LogP contribution in [0.25, 0.3) is 0 Å². The second-order valence-electron chi connectivity index (χ2n) is 0.835. The number of hydrogen-bond donors (Lipinski definition) is 1. The van der Waals surface area contributed by atoms with E-state index in [0.29, 0.717) is 0 Å². The Morgan fingerprint density at radius 1 is 1.80 bits per heavy atom. The molecule has 0 aliphatic rings. The molecule has 1 N–H and O–H groups in total. The SMILES string of the molecule is CO[SiH](C)O. The van der Waals surface area contributed by atoms with Crippen molar-refractivity contribution in [2.24, 2.45) is 0 Å². The summed E-state index contributed by atoms with van der Waals surface area (Å²) in [7, 11) is -0.139. The summed E-state index contributed by atoms with van der Waals surface area (Å²) < 4.78 is 4.44. The van der Waals surface area contributed by atoms with E-state index in [1.165, 1.54) is 7.11 Å². The standard InChI is InChI=1S/C2H8O2Si/c1-4-5(2)3/h3,5H,1-2H3. The zero-order valence-corrected chi connectivity index (χ0v) is 4.59. The summed E-state index contributed by atoms with van der Waals surface area (Å²) in [5.74, 6) is 0. The monoisotopic (exact) mass is 92.0 g/mol. The average molecular weight is 92.2 g/mol. The van der Waals surface area contributed by atoms with Gasteiger partial charge in [-0.25, -0.2) is 0 Å². The molecule has 0 aliphatic heterocycles. The van der Waals surface area contributed by atoms with Crippen molar-refractivity contribution >= 4 is 9.28 Å². The van der Waals surface area contributed by atoms with Gasteiger partial charge in [-0.05, 0) is 6.55 Å². The average Bonchev–Trinajstić information content (AvgIpc) is 1.38. The summed E-state index contributed by atoms with van der Waals surface area (Å²) in [6.45, 7) is 1.69. The van der Waals surface area contributed by atoms with Gasteiger partial charge in [0.15, 0.2) is 0 Å². The third-order valence-corrected chi connectivity index (χ3v) is 1.02. The predicted molar refractivity (Wildman–Crippen MR) is 22.2 cm³/mol. The van der Waals surface area contributed by atoms with Crippen LogP contribution < -0.4 is 0 Å². The van der Waals surface area contributed by atoms with Crippen LogP contribution in [0.3, 0.4) is 0 Å². The van der Waals surface area contributed by atoms with Gasteiger partial charge in [-0.3, -0.25) is 0 Å². The van der Waals surface area contributed by atoms with Crippen LogP contribution in [0.5, 0.6) is 0 Å². The van der Waals surface area contributed by atoms with Gasteiger partial charge in [0.1, 0.15) is 0 Å². The van der Waals surface area contributed by atoms with Crippen LogP contribution in [-0.2, 0) is 4.43 Å².